The number of hydrogen-bond acceptors (Lipinski definition) is 6. The van der Waals surface area contributed by atoms with Crippen molar-refractivity contribution in [3.8, 4) is 10.8 Å². The Morgan fingerprint density at radius 3 is 2.68 bits per heavy atom. The Morgan fingerprint density at radius 2 is 1.97 bits per heavy atom. The summed E-state index contributed by atoms with van der Waals surface area (Å²) in [5, 5.41) is 10.4. The first-order valence-corrected chi connectivity index (χ1v) is 10.4. The third-order valence-corrected chi connectivity index (χ3v) is 6.17. The summed E-state index contributed by atoms with van der Waals surface area (Å²) in [7, 11) is 1.31. The highest BCUT2D eigenvalue weighted by Crippen LogP contribution is 2.37. The molecule has 2 aromatic heterocycles. The molecule has 0 fully saturated rings. The van der Waals surface area contributed by atoms with E-state index in [1.165, 1.54) is 30.6 Å². The molecule has 0 bridgehead atoms. The lowest BCUT2D eigenvalue weighted by atomic mass is 10.1. The van der Waals surface area contributed by atoms with Crippen LogP contribution in [0.3, 0.4) is 0 Å². The Balaban J connectivity index is 1.74. The van der Waals surface area contributed by atoms with Gasteiger partial charge in [-0.3, -0.25) is 4.57 Å². The lowest BCUT2D eigenvalue weighted by Crippen LogP contribution is -2.07. The minimum atomic E-state index is -1.02. The van der Waals surface area contributed by atoms with Crippen LogP contribution in [0, 0.1) is 0 Å². The average molecular weight is 457 g/mol. The number of rotatable bonds is 6. The maximum absolute atomic E-state index is 12.4. The van der Waals surface area contributed by atoms with Crippen LogP contribution in [-0.4, -0.2) is 33.7 Å². The van der Waals surface area contributed by atoms with Crippen molar-refractivity contribution in [1.82, 2.24) is 9.55 Å². The molecule has 0 spiro atoms. The van der Waals surface area contributed by atoms with Gasteiger partial charge in [0.15, 0.2) is 4.88 Å². The highest BCUT2D eigenvalue weighted by molar-refractivity contribution is 7.16. The number of benzene rings is 2. The Labute approximate surface area is 186 Å². The van der Waals surface area contributed by atoms with Crippen LogP contribution >= 0.6 is 22.9 Å². The topological polar surface area (TPSA) is 90.7 Å². The lowest BCUT2D eigenvalue weighted by Gasteiger charge is -2.16. The average Bonchev–Trinajstić information content (AvgIpc) is 3.36. The van der Waals surface area contributed by atoms with E-state index in [4.69, 9.17) is 21.1 Å². The van der Waals surface area contributed by atoms with Gasteiger partial charge in [0.25, 0.3) is 0 Å². The zero-order chi connectivity index (χ0) is 22.1. The fourth-order valence-corrected chi connectivity index (χ4v) is 4.47. The Hall–Kier alpha value is -3.36. The summed E-state index contributed by atoms with van der Waals surface area (Å²) in [4.78, 5) is 28.2. The molecule has 0 amide bonds. The molecule has 31 heavy (non-hydrogen) atoms. The van der Waals surface area contributed by atoms with Crippen molar-refractivity contribution in [2.45, 2.75) is 13.0 Å². The number of ether oxygens (including phenoxy) is 2. The van der Waals surface area contributed by atoms with E-state index >= 15 is 0 Å². The Morgan fingerprint density at radius 1 is 1.19 bits per heavy atom. The highest BCUT2D eigenvalue weighted by atomic mass is 35.5. The molecular formula is C22H17ClN2O5S. The van der Waals surface area contributed by atoms with Gasteiger partial charge < -0.3 is 14.6 Å². The number of carbonyl (C=O) groups excluding carboxylic acids is 1. The number of halogens is 1. The van der Waals surface area contributed by atoms with Crippen molar-refractivity contribution >= 4 is 45.9 Å². The number of carboxylic acid groups (broad SMARTS) is 1. The molecule has 0 radical (unpaired) electrons. The number of imidazole rings is 1. The van der Waals surface area contributed by atoms with E-state index in [1.807, 2.05) is 25.1 Å². The maximum Gasteiger partial charge on any atom is 0.351 e. The summed E-state index contributed by atoms with van der Waals surface area (Å²) in [5.74, 6) is -1.18. The molecule has 0 saturated heterocycles. The second-order valence-electron chi connectivity index (χ2n) is 6.67. The normalized spacial score (nSPS) is 12.0. The van der Waals surface area contributed by atoms with Crippen molar-refractivity contribution in [1.29, 1.82) is 0 Å². The first-order chi connectivity index (χ1) is 14.9. The lowest BCUT2D eigenvalue weighted by molar-refractivity contribution is 0.0599. The number of methoxy groups -OCH3 is 1. The Bertz CT molecular complexity index is 1300. The van der Waals surface area contributed by atoms with Gasteiger partial charge >= 0.3 is 11.9 Å². The molecule has 4 rings (SSSR count). The molecule has 2 heterocycles. The number of esters is 1. The van der Waals surface area contributed by atoms with Gasteiger partial charge in [0, 0.05) is 16.7 Å². The molecule has 0 aliphatic rings. The monoisotopic (exact) mass is 456 g/mol. The van der Waals surface area contributed by atoms with Crippen molar-refractivity contribution in [2.24, 2.45) is 0 Å². The summed E-state index contributed by atoms with van der Waals surface area (Å²) in [6.45, 7) is 1.85. The third kappa shape index (κ3) is 3.99. The van der Waals surface area contributed by atoms with E-state index in [0.29, 0.717) is 31.7 Å². The smallest absolute Gasteiger partial charge is 0.351 e. The zero-order valence-electron chi connectivity index (χ0n) is 16.5. The van der Waals surface area contributed by atoms with Crippen molar-refractivity contribution in [3.05, 3.63) is 75.9 Å². The van der Waals surface area contributed by atoms with Gasteiger partial charge in [-0.2, -0.15) is 0 Å². The van der Waals surface area contributed by atoms with Gasteiger partial charge in [-0.05, 0) is 31.2 Å². The van der Waals surface area contributed by atoms with E-state index < -0.39 is 18.0 Å². The second kappa shape index (κ2) is 8.41. The summed E-state index contributed by atoms with van der Waals surface area (Å²) < 4.78 is 12.8. The molecule has 158 valence electrons. The van der Waals surface area contributed by atoms with E-state index in [-0.39, 0.29) is 5.56 Å². The fourth-order valence-electron chi connectivity index (χ4n) is 3.18. The number of hydrogen-bond donors (Lipinski definition) is 1. The van der Waals surface area contributed by atoms with Crippen molar-refractivity contribution < 1.29 is 24.2 Å². The molecular weight excluding hydrogens is 440 g/mol. The number of thiophene rings is 1. The Kier molecular flexibility index (Phi) is 5.67. The number of aromatic nitrogens is 2. The molecule has 4 aromatic rings. The summed E-state index contributed by atoms with van der Waals surface area (Å²) in [6, 6.07) is 13.8. The number of aromatic carboxylic acids is 1. The fraction of sp³-hybridized carbons (Fsp3) is 0.136. The van der Waals surface area contributed by atoms with Crippen LogP contribution in [0.1, 0.15) is 38.6 Å². The van der Waals surface area contributed by atoms with Crippen molar-refractivity contribution in [2.75, 3.05) is 7.11 Å². The molecule has 1 atom stereocenters. The number of fused-ring (bicyclic) bond motifs is 1. The first-order valence-electron chi connectivity index (χ1n) is 9.23. The number of carboxylic acids is 1. The molecule has 0 unspecified atom stereocenters. The van der Waals surface area contributed by atoms with Crippen LogP contribution in [0.4, 0.5) is 0 Å². The quantitative estimate of drug-likeness (QED) is 0.392. The van der Waals surface area contributed by atoms with Gasteiger partial charge in [0.1, 0.15) is 23.2 Å². The molecule has 9 heteroatoms. The van der Waals surface area contributed by atoms with Crippen LogP contribution in [0.5, 0.6) is 5.75 Å². The third-order valence-electron chi connectivity index (χ3n) is 4.73. The predicted octanol–water partition coefficient (Wildman–Crippen LogP) is 5.37. The standard InChI is InChI=1S/C22H17ClN2O5S/c1-12(14-5-3-4-6-15(14)23)30-18-10-19(31-20(18)22(28)29-2)25-11-24-16-9-13(21(26)27)7-8-17(16)25/h3-12H,1-2H3,(H,26,27)/t12-/m1/s1. The van der Waals surface area contributed by atoms with Gasteiger partial charge in [-0.1, -0.05) is 29.8 Å². The molecule has 0 aliphatic carbocycles. The van der Waals surface area contributed by atoms with Gasteiger partial charge in [0.2, 0.25) is 0 Å². The molecule has 2 aromatic carbocycles. The molecule has 1 N–H and O–H groups in total. The van der Waals surface area contributed by atoms with E-state index in [0.717, 1.165) is 5.56 Å². The largest absolute Gasteiger partial charge is 0.484 e. The van der Waals surface area contributed by atoms with E-state index in [9.17, 15) is 14.7 Å². The molecule has 0 saturated carbocycles. The van der Waals surface area contributed by atoms with E-state index in [1.54, 1.807) is 29.1 Å². The zero-order valence-corrected chi connectivity index (χ0v) is 18.1. The van der Waals surface area contributed by atoms with Crippen molar-refractivity contribution in [3.63, 3.8) is 0 Å². The molecule has 0 aliphatic heterocycles. The minimum Gasteiger partial charge on any atom is -0.484 e. The molecule has 7 nitrogen and oxygen atoms in total. The first kappa shape index (κ1) is 20.9. The van der Waals surface area contributed by atoms with Gasteiger partial charge in [-0.25, -0.2) is 14.6 Å². The van der Waals surface area contributed by atoms with Crippen LogP contribution in [0.25, 0.3) is 16.0 Å². The number of carbonyl (C=O) groups is 2. The van der Waals surface area contributed by atoms with Gasteiger partial charge in [-0.15, -0.1) is 11.3 Å². The minimum absolute atomic E-state index is 0.150. The number of nitrogens with zero attached hydrogens (tertiary/aromatic N) is 2. The van der Waals surface area contributed by atoms with E-state index in [2.05, 4.69) is 4.98 Å². The second-order valence-corrected chi connectivity index (χ2v) is 8.11. The maximum atomic E-state index is 12.4. The summed E-state index contributed by atoms with van der Waals surface area (Å²) >= 11 is 7.47. The van der Waals surface area contributed by atoms with Crippen LogP contribution in [-0.2, 0) is 4.74 Å². The van der Waals surface area contributed by atoms with Crippen LogP contribution in [0.15, 0.2) is 54.9 Å². The van der Waals surface area contributed by atoms with Crippen LogP contribution in [0.2, 0.25) is 5.02 Å². The summed E-state index contributed by atoms with van der Waals surface area (Å²) in [5.41, 5.74) is 2.17. The summed E-state index contributed by atoms with van der Waals surface area (Å²) in [6.07, 6.45) is 1.17. The van der Waals surface area contributed by atoms with Crippen LogP contribution < -0.4 is 4.74 Å². The SMILES string of the molecule is COC(=O)c1sc(-n2cnc3cc(C(=O)O)ccc32)cc1O[C@H](C)c1ccccc1Cl. The highest BCUT2D eigenvalue weighted by Gasteiger charge is 2.23. The predicted molar refractivity (Wildman–Crippen MR) is 118 cm³/mol. The van der Waals surface area contributed by atoms with Gasteiger partial charge in [0.05, 0.1) is 23.7 Å².